The van der Waals surface area contributed by atoms with Gasteiger partial charge in [-0.3, -0.25) is 9.59 Å². The van der Waals surface area contributed by atoms with Crippen molar-refractivity contribution in [2.75, 3.05) is 17.3 Å². The van der Waals surface area contributed by atoms with Crippen molar-refractivity contribution in [2.24, 2.45) is 5.41 Å². The van der Waals surface area contributed by atoms with Gasteiger partial charge >= 0.3 is 0 Å². The van der Waals surface area contributed by atoms with Crippen LogP contribution in [0.25, 0.3) is 0 Å². The van der Waals surface area contributed by atoms with Crippen LogP contribution in [0.1, 0.15) is 12.8 Å². The summed E-state index contributed by atoms with van der Waals surface area (Å²) in [4.78, 5) is 27.4. The topological polar surface area (TPSA) is 58.6 Å². The molecule has 0 heterocycles. The second-order valence-electron chi connectivity index (χ2n) is 7.18. The Hall–Kier alpha value is -3.60. The van der Waals surface area contributed by atoms with E-state index in [0.717, 1.165) is 11.4 Å². The number of amides is 2. The highest BCUT2D eigenvalue weighted by Crippen LogP contribution is 2.48. The third kappa shape index (κ3) is 3.99. The molecule has 1 fully saturated rings. The zero-order chi connectivity index (χ0) is 20.3. The van der Waals surface area contributed by atoms with Crippen molar-refractivity contribution in [3.05, 3.63) is 84.9 Å². The van der Waals surface area contributed by atoms with Gasteiger partial charge in [0.25, 0.3) is 0 Å². The maximum absolute atomic E-state index is 13.0. The third-order valence-corrected chi connectivity index (χ3v) is 5.13. The summed E-state index contributed by atoms with van der Waals surface area (Å²) in [5, 5.41) is 2.88. The number of hydrogen-bond donors (Lipinski definition) is 1. The summed E-state index contributed by atoms with van der Waals surface area (Å²) in [6, 6.07) is 26.0. The highest BCUT2D eigenvalue weighted by molar-refractivity contribution is 6.17. The van der Waals surface area contributed by atoms with Gasteiger partial charge in [0.15, 0.2) is 0 Å². The normalized spacial score (nSPS) is 14.0. The lowest BCUT2D eigenvalue weighted by atomic mass is 10.0. The van der Waals surface area contributed by atoms with Crippen LogP contribution in [0.4, 0.5) is 11.4 Å². The van der Waals surface area contributed by atoms with E-state index in [1.54, 1.807) is 36.2 Å². The highest BCUT2D eigenvalue weighted by atomic mass is 16.5. The molecule has 3 aromatic rings. The third-order valence-electron chi connectivity index (χ3n) is 5.13. The van der Waals surface area contributed by atoms with Crippen molar-refractivity contribution in [1.82, 2.24) is 0 Å². The van der Waals surface area contributed by atoms with Gasteiger partial charge in [0, 0.05) is 18.4 Å². The fraction of sp³-hybridized carbons (Fsp3) is 0.167. The summed E-state index contributed by atoms with van der Waals surface area (Å²) >= 11 is 0. The Bertz CT molecular complexity index is 997. The Balaban J connectivity index is 1.41. The molecule has 1 N–H and O–H groups in total. The molecular weight excluding hydrogens is 364 g/mol. The van der Waals surface area contributed by atoms with Crippen LogP contribution in [-0.2, 0) is 9.59 Å². The molecule has 2 amide bonds. The molecule has 1 saturated carbocycles. The van der Waals surface area contributed by atoms with Crippen molar-refractivity contribution in [2.45, 2.75) is 12.8 Å². The molecule has 0 unspecified atom stereocenters. The number of carbonyl (C=O) groups excluding carboxylic acids is 2. The standard InChI is InChI=1S/C24H22N2O3/c1-26(19-8-4-2-5-9-19)23(28)24(16-17-24)22(27)25-18-12-14-21(15-13-18)29-20-10-6-3-7-11-20/h2-15H,16-17H2,1H3,(H,25,27). The maximum Gasteiger partial charge on any atom is 0.242 e. The van der Waals surface area contributed by atoms with Gasteiger partial charge in [0.1, 0.15) is 16.9 Å². The minimum atomic E-state index is -0.982. The van der Waals surface area contributed by atoms with Gasteiger partial charge in [-0.15, -0.1) is 0 Å². The summed E-state index contributed by atoms with van der Waals surface area (Å²) in [6.07, 6.45) is 1.12. The number of rotatable bonds is 6. The van der Waals surface area contributed by atoms with Crippen LogP contribution in [0.5, 0.6) is 11.5 Å². The van der Waals surface area contributed by atoms with Crippen molar-refractivity contribution >= 4 is 23.2 Å². The van der Waals surface area contributed by atoms with Crippen LogP contribution in [0.3, 0.4) is 0 Å². The maximum atomic E-state index is 13.0. The van der Waals surface area contributed by atoms with E-state index in [1.165, 1.54) is 0 Å². The predicted octanol–water partition coefficient (Wildman–Crippen LogP) is 4.86. The molecule has 3 aromatic carbocycles. The lowest BCUT2D eigenvalue weighted by Crippen LogP contribution is -2.41. The van der Waals surface area contributed by atoms with Crippen molar-refractivity contribution in [1.29, 1.82) is 0 Å². The molecule has 0 spiro atoms. The van der Waals surface area contributed by atoms with Crippen LogP contribution in [0, 0.1) is 5.41 Å². The molecule has 0 saturated heterocycles. The first-order chi connectivity index (χ1) is 14.1. The van der Waals surface area contributed by atoms with Gasteiger partial charge < -0.3 is 15.0 Å². The van der Waals surface area contributed by atoms with Crippen LogP contribution >= 0.6 is 0 Å². The van der Waals surface area contributed by atoms with E-state index in [0.29, 0.717) is 24.3 Å². The first-order valence-electron chi connectivity index (χ1n) is 9.56. The number of anilines is 2. The number of carbonyl (C=O) groups is 2. The Morgan fingerprint density at radius 2 is 1.38 bits per heavy atom. The van der Waals surface area contributed by atoms with Gasteiger partial charge in [-0.2, -0.15) is 0 Å². The molecule has 1 aliphatic rings. The second kappa shape index (κ2) is 7.80. The van der Waals surface area contributed by atoms with Gasteiger partial charge in [-0.1, -0.05) is 36.4 Å². The zero-order valence-corrected chi connectivity index (χ0v) is 16.2. The Morgan fingerprint density at radius 1 is 0.828 bits per heavy atom. The van der Waals surface area contributed by atoms with E-state index in [4.69, 9.17) is 4.74 Å². The summed E-state index contributed by atoms with van der Waals surface area (Å²) in [6.45, 7) is 0. The van der Waals surface area contributed by atoms with E-state index in [2.05, 4.69) is 5.32 Å². The Kier molecular flexibility index (Phi) is 5.04. The Labute approximate surface area is 169 Å². The van der Waals surface area contributed by atoms with Crippen LogP contribution in [0.2, 0.25) is 0 Å². The predicted molar refractivity (Wildman–Crippen MR) is 113 cm³/mol. The molecule has 5 heteroatoms. The first kappa shape index (κ1) is 18.7. The fourth-order valence-electron chi connectivity index (χ4n) is 3.23. The number of ether oxygens (including phenoxy) is 1. The molecule has 1 aliphatic carbocycles. The quantitative estimate of drug-likeness (QED) is 0.616. The Morgan fingerprint density at radius 3 is 1.97 bits per heavy atom. The van der Waals surface area contributed by atoms with E-state index in [9.17, 15) is 9.59 Å². The largest absolute Gasteiger partial charge is 0.457 e. The minimum absolute atomic E-state index is 0.176. The van der Waals surface area contributed by atoms with Crippen LogP contribution in [-0.4, -0.2) is 18.9 Å². The summed E-state index contributed by atoms with van der Waals surface area (Å²) in [5.41, 5.74) is 0.430. The summed E-state index contributed by atoms with van der Waals surface area (Å²) in [5.74, 6) is 0.984. The molecule has 0 aromatic heterocycles. The van der Waals surface area contributed by atoms with E-state index in [1.807, 2.05) is 60.7 Å². The van der Waals surface area contributed by atoms with Crippen molar-refractivity contribution in [3.8, 4) is 11.5 Å². The fourth-order valence-corrected chi connectivity index (χ4v) is 3.23. The highest BCUT2D eigenvalue weighted by Gasteiger charge is 2.57. The number of hydrogen-bond acceptors (Lipinski definition) is 3. The van der Waals surface area contributed by atoms with Crippen LogP contribution in [0.15, 0.2) is 84.9 Å². The molecule has 5 nitrogen and oxygen atoms in total. The summed E-state index contributed by atoms with van der Waals surface area (Å²) < 4.78 is 5.76. The van der Waals surface area contributed by atoms with Gasteiger partial charge in [-0.25, -0.2) is 0 Å². The molecule has 0 atom stereocenters. The number of para-hydroxylation sites is 2. The molecule has 146 valence electrons. The SMILES string of the molecule is CN(C(=O)C1(C(=O)Nc2ccc(Oc3ccccc3)cc2)CC1)c1ccccc1. The minimum Gasteiger partial charge on any atom is -0.457 e. The molecule has 4 rings (SSSR count). The van der Waals surface area contributed by atoms with Crippen molar-refractivity contribution < 1.29 is 14.3 Å². The molecule has 29 heavy (non-hydrogen) atoms. The average molecular weight is 386 g/mol. The van der Waals surface area contributed by atoms with Gasteiger partial charge in [-0.05, 0) is 61.4 Å². The number of benzene rings is 3. The number of nitrogens with zero attached hydrogens (tertiary/aromatic N) is 1. The first-order valence-corrected chi connectivity index (χ1v) is 9.56. The van der Waals surface area contributed by atoms with Gasteiger partial charge in [0.2, 0.25) is 11.8 Å². The molecule has 0 aliphatic heterocycles. The molecule has 0 radical (unpaired) electrons. The average Bonchev–Trinajstić information content (AvgIpc) is 3.58. The van der Waals surface area contributed by atoms with E-state index in [-0.39, 0.29) is 11.8 Å². The molecule has 0 bridgehead atoms. The monoisotopic (exact) mass is 386 g/mol. The van der Waals surface area contributed by atoms with Crippen LogP contribution < -0.4 is 15.0 Å². The lowest BCUT2D eigenvalue weighted by Gasteiger charge is -2.23. The smallest absolute Gasteiger partial charge is 0.242 e. The van der Waals surface area contributed by atoms with Crippen molar-refractivity contribution in [3.63, 3.8) is 0 Å². The molecular formula is C24H22N2O3. The lowest BCUT2D eigenvalue weighted by molar-refractivity contribution is -0.132. The zero-order valence-electron chi connectivity index (χ0n) is 16.2. The van der Waals surface area contributed by atoms with E-state index >= 15 is 0 Å². The van der Waals surface area contributed by atoms with E-state index < -0.39 is 5.41 Å². The number of nitrogens with one attached hydrogen (secondary N) is 1. The second-order valence-corrected chi connectivity index (χ2v) is 7.18. The summed E-state index contributed by atoms with van der Waals surface area (Å²) in [7, 11) is 1.71. The van der Waals surface area contributed by atoms with Gasteiger partial charge in [0.05, 0.1) is 0 Å².